The number of rotatable bonds is 10. The van der Waals surface area contributed by atoms with Crippen LogP contribution in [0.5, 0.6) is 0 Å². The zero-order valence-corrected chi connectivity index (χ0v) is 22.7. The molecule has 0 aromatic heterocycles. The maximum atomic E-state index is 13.6. The minimum Gasteiger partial charge on any atom is -0.465 e. The van der Waals surface area contributed by atoms with Gasteiger partial charge in [0.1, 0.15) is 0 Å². The third-order valence-electron chi connectivity index (χ3n) is 7.58. The van der Waals surface area contributed by atoms with Crippen LogP contribution in [0.3, 0.4) is 0 Å². The Kier molecular flexibility index (Phi) is 9.33. The van der Waals surface area contributed by atoms with E-state index in [1.54, 1.807) is 12.1 Å². The molecule has 0 saturated carbocycles. The molecule has 4 rings (SSSR count). The second-order valence-corrected chi connectivity index (χ2v) is 10.4. The smallest absolute Gasteiger partial charge is 0.417 e. The summed E-state index contributed by atoms with van der Waals surface area (Å²) in [6, 6.07) is 22.9. The van der Waals surface area contributed by atoms with Crippen molar-refractivity contribution in [3.05, 3.63) is 90.0 Å². The first-order valence-electron chi connectivity index (χ1n) is 13.7. The van der Waals surface area contributed by atoms with Gasteiger partial charge < -0.3 is 9.64 Å². The van der Waals surface area contributed by atoms with Gasteiger partial charge in [0.15, 0.2) is 0 Å². The lowest BCUT2D eigenvalue weighted by Crippen LogP contribution is -2.47. The van der Waals surface area contributed by atoms with E-state index in [1.165, 1.54) is 12.1 Å². The van der Waals surface area contributed by atoms with Crippen molar-refractivity contribution in [1.82, 2.24) is 4.90 Å². The lowest BCUT2D eigenvalue weighted by molar-refractivity contribution is -0.150. The largest absolute Gasteiger partial charge is 0.465 e. The lowest BCUT2D eigenvalue weighted by atomic mass is 9.78. The molecule has 3 aromatic rings. The number of esters is 1. The highest BCUT2D eigenvalue weighted by Crippen LogP contribution is 2.38. The predicted molar refractivity (Wildman–Crippen MR) is 150 cm³/mol. The van der Waals surface area contributed by atoms with Crippen LogP contribution >= 0.6 is 0 Å². The average Bonchev–Trinajstić information content (AvgIpc) is 2.96. The predicted octanol–water partition coefficient (Wildman–Crippen LogP) is 7.19. The molecule has 0 N–H and O–H groups in total. The van der Waals surface area contributed by atoms with Crippen LogP contribution in [0.25, 0.3) is 11.1 Å². The van der Waals surface area contributed by atoms with Crippen LogP contribution in [0.2, 0.25) is 0 Å². The van der Waals surface area contributed by atoms with Crippen molar-refractivity contribution < 1.29 is 22.7 Å². The van der Waals surface area contributed by atoms with E-state index < -0.39 is 17.2 Å². The number of piperazine rings is 1. The first-order valence-corrected chi connectivity index (χ1v) is 13.7. The minimum atomic E-state index is -4.40. The van der Waals surface area contributed by atoms with Gasteiger partial charge in [-0.1, -0.05) is 67.6 Å². The molecule has 208 valence electrons. The summed E-state index contributed by atoms with van der Waals surface area (Å²) in [5, 5.41) is 0. The first kappa shape index (κ1) is 28.7. The van der Waals surface area contributed by atoms with Gasteiger partial charge in [-0.2, -0.15) is 13.2 Å². The van der Waals surface area contributed by atoms with Crippen LogP contribution in [0, 0.1) is 0 Å². The SMILES string of the molecule is CCCOC(=O)C(C)(CCCN1CCN(c2cccc(-c3ccccc3C(F)(F)F)c2)CC1)c1ccccc1. The third kappa shape index (κ3) is 7.01. The van der Waals surface area contributed by atoms with Crippen LogP contribution in [0.4, 0.5) is 18.9 Å². The number of hydrogen-bond acceptors (Lipinski definition) is 4. The third-order valence-corrected chi connectivity index (χ3v) is 7.58. The van der Waals surface area contributed by atoms with E-state index in [9.17, 15) is 18.0 Å². The number of benzene rings is 3. The summed E-state index contributed by atoms with van der Waals surface area (Å²) < 4.78 is 46.2. The molecular formula is C32H37F3N2O2. The minimum absolute atomic E-state index is 0.174. The molecule has 1 saturated heterocycles. The molecule has 1 heterocycles. The quantitative estimate of drug-likeness (QED) is 0.256. The maximum Gasteiger partial charge on any atom is 0.417 e. The maximum absolute atomic E-state index is 13.6. The van der Waals surface area contributed by atoms with Crippen LogP contribution in [0.15, 0.2) is 78.9 Å². The molecule has 7 heteroatoms. The Labute approximate surface area is 229 Å². The van der Waals surface area contributed by atoms with Gasteiger partial charge in [0.25, 0.3) is 0 Å². The van der Waals surface area contributed by atoms with Crippen molar-refractivity contribution >= 4 is 11.7 Å². The summed E-state index contributed by atoms with van der Waals surface area (Å²) in [6.07, 6.45) is -2.06. The Hall–Kier alpha value is -3.32. The summed E-state index contributed by atoms with van der Waals surface area (Å²) in [5.41, 5.74) is 1.36. The van der Waals surface area contributed by atoms with E-state index in [1.807, 2.05) is 62.4 Å². The topological polar surface area (TPSA) is 32.8 Å². The molecule has 0 radical (unpaired) electrons. The Bertz CT molecular complexity index is 1220. The van der Waals surface area contributed by atoms with Gasteiger partial charge in [-0.25, -0.2) is 0 Å². The number of anilines is 1. The molecule has 4 nitrogen and oxygen atoms in total. The van der Waals surface area contributed by atoms with Crippen molar-refractivity contribution in [3.8, 4) is 11.1 Å². The summed E-state index contributed by atoms with van der Waals surface area (Å²) in [5.74, 6) is -0.174. The monoisotopic (exact) mass is 538 g/mol. The Morgan fingerprint density at radius 2 is 1.59 bits per heavy atom. The summed E-state index contributed by atoms with van der Waals surface area (Å²) in [4.78, 5) is 17.6. The normalized spacial score (nSPS) is 16.1. The van der Waals surface area contributed by atoms with Gasteiger partial charge in [0.05, 0.1) is 17.6 Å². The summed E-state index contributed by atoms with van der Waals surface area (Å²) in [6.45, 7) is 8.55. The fraction of sp³-hybridized carbons (Fsp3) is 0.406. The van der Waals surface area contributed by atoms with E-state index >= 15 is 0 Å². The van der Waals surface area contributed by atoms with Crippen molar-refractivity contribution in [2.45, 2.75) is 44.7 Å². The molecule has 3 aromatic carbocycles. The number of halogens is 3. The first-order chi connectivity index (χ1) is 18.7. The van der Waals surface area contributed by atoms with E-state index in [0.29, 0.717) is 18.6 Å². The second-order valence-electron chi connectivity index (χ2n) is 10.4. The highest BCUT2D eigenvalue weighted by Gasteiger charge is 2.36. The molecule has 0 bridgehead atoms. The Balaban J connectivity index is 1.36. The zero-order chi connectivity index (χ0) is 27.9. The molecule has 1 aliphatic heterocycles. The zero-order valence-electron chi connectivity index (χ0n) is 22.7. The summed E-state index contributed by atoms with van der Waals surface area (Å²) in [7, 11) is 0. The highest BCUT2D eigenvalue weighted by molar-refractivity contribution is 5.82. The van der Waals surface area contributed by atoms with E-state index in [-0.39, 0.29) is 11.5 Å². The standard InChI is InChI=1S/C32H37F3N2O2/c1-3-23-39-30(38)31(2,26-12-5-4-6-13-26)17-10-18-36-19-21-37(22-20-36)27-14-9-11-25(24-27)28-15-7-8-16-29(28)32(33,34)35/h4-9,11-16,24H,3,10,17-23H2,1-2H3. The van der Waals surface area contributed by atoms with Gasteiger partial charge in [0, 0.05) is 31.9 Å². The van der Waals surface area contributed by atoms with Crippen LogP contribution in [-0.4, -0.2) is 50.2 Å². The fourth-order valence-electron chi connectivity index (χ4n) is 5.26. The van der Waals surface area contributed by atoms with Crippen LogP contribution in [-0.2, 0) is 21.1 Å². The second kappa shape index (κ2) is 12.7. The number of ether oxygens (including phenoxy) is 1. The van der Waals surface area contributed by atoms with E-state index in [4.69, 9.17) is 4.74 Å². The number of carbonyl (C=O) groups excluding carboxylic acids is 1. The molecule has 1 aliphatic rings. The average molecular weight is 539 g/mol. The number of alkyl halides is 3. The van der Waals surface area contributed by atoms with E-state index in [2.05, 4.69) is 9.80 Å². The molecule has 0 aliphatic carbocycles. The Morgan fingerprint density at radius 3 is 2.28 bits per heavy atom. The number of nitrogens with zero attached hydrogens (tertiary/aromatic N) is 2. The summed E-state index contributed by atoms with van der Waals surface area (Å²) >= 11 is 0. The number of carbonyl (C=O) groups is 1. The molecule has 39 heavy (non-hydrogen) atoms. The van der Waals surface area contributed by atoms with Gasteiger partial charge in [-0.15, -0.1) is 0 Å². The molecule has 1 unspecified atom stereocenters. The van der Waals surface area contributed by atoms with Crippen molar-refractivity contribution in [1.29, 1.82) is 0 Å². The van der Waals surface area contributed by atoms with Gasteiger partial charge in [0.2, 0.25) is 0 Å². The van der Waals surface area contributed by atoms with Gasteiger partial charge in [-0.05, 0) is 67.6 Å². The molecular weight excluding hydrogens is 501 g/mol. The van der Waals surface area contributed by atoms with Crippen LogP contribution < -0.4 is 4.90 Å². The lowest BCUT2D eigenvalue weighted by Gasteiger charge is -2.37. The highest BCUT2D eigenvalue weighted by atomic mass is 19.4. The number of hydrogen-bond donors (Lipinski definition) is 0. The van der Waals surface area contributed by atoms with Crippen molar-refractivity contribution in [2.24, 2.45) is 0 Å². The fourth-order valence-corrected chi connectivity index (χ4v) is 5.26. The van der Waals surface area contributed by atoms with E-state index in [0.717, 1.165) is 62.9 Å². The molecule has 0 amide bonds. The van der Waals surface area contributed by atoms with Crippen molar-refractivity contribution in [3.63, 3.8) is 0 Å². The van der Waals surface area contributed by atoms with Gasteiger partial charge >= 0.3 is 12.1 Å². The van der Waals surface area contributed by atoms with Crippen LogP contribution in [0.1, 0.15) is 44.2 Å². The Morgan fingerprint density at radius 1 is 0.897 bits per heavy atom. The molecule has 1 atom stereocenters. The van der Waals surface area contributed by atoms with Gasteiger partial charge in [-0.3, -0.25) is 9.69 Å². The molecule has 1 fully saturated rings. The molecule has 0 spiro atoms. The van der Waals surface area contributed by atoms with Crippen molar-refractivity contribution in [2.75, 3.05) is 44.2 Å².